The van der Waals surface area contributed by atoms with Crippen molar-refractivity contribution in [3.8, 4) is 11.3 Å². The molecule has 38 heavy (non-hydrogen) atoms. The minimum Gasteiger partial charge on any atom is -0.383 e. The Hall–Kier alpha value is -3.14. The van der Waals surface area contributed by atoms with E-state index in [2.05, 4.69) is 0 Å². The number of halogens is 2. The Morgan fingerprint density at radius 2 is 1.76 bits per heavy atom. The molecule has 2 N–H and O–H groups in total. The molecule has 0 saturated carbocycles. The fourth-order valence-corrected chi connectivity index (χ4v) is 4.59. The molecule has 0 aliphatic rings. The van der Waals surface area contributed by atoms with Crippen molar-refractivity contribution in [2.24, 2.45) is 11.1 Å². The molecule has 2 atom stereocenters. The first-order valence-electron chi connectivity index (χ1n) is 12.6. The van der Waals surface area contributed by atoms with Gasteiger partial charge in [0.2, 0.25) is 5.91 Å². The summed E-state index contributed by atoms with van der Waals surface area (Å²) in [5.41, 5.74) is 7.65. The largest absolute Gasteiger partial charge is 0.383 e. The lowest BCUT2D eigenvalue weighted by atomic mass is 9.84. The molecule has 9 heteroatoms. The van der Waals surface area contributed by atoms with Crippen molar-refractivity contribution >= 4 is 5.91 Å². The molecule has 206 valence electrons. The SMILES string of the molecule is COCC(=O)N(CC[C@H](N)COC)[C@@H](c1nc(-c2cccc(F)c2)cn1Cc1cccc(F)c1)C(C)(C)C. The number of amides is 1. The van der Waals surface area contributed by atoms with E-state index in [1.165, 1.54) is 31.4 Å². The second kappa shape index (κ2) is 13.1. The van der Waals surface area contributed by atoms with Gasteiger partial charge in [-0.1, -0.05) is 45.0 Å². The summed E-state index contributed by atoms with van der Waals surface area (Å²) in [7, 11) is 3.06. The van der Waals surface area contributed by atoms with Crippen molar-refractivity contribution in [1.29, 1.82) is 0 Å². The van der Waals surface area contributed by atoms with Crippen molar-refractivity contribution in [2.75, 3.05) is 34.0 Å². The third-order valence-electron chi connectivity index (χ3n) is 6.26. The first kappa shape index (κ1) is 29.4. The molecule has 0 radical (unpaired) electrons. The van der Waals surface area contributed by atoms with Crippen molar-refractivity contribution in [2.45, 2.75) is 45.8 Å². The van der Waals surface area contributed by atoms with Gasteiger partial charge in [-0.15, -0.1) is 0 Å². The van der Waals surface area contributed by atoms with Crippen LogP contribution in [0.25, 0.3) is 11.3 Å². The van der Waals surface area contributed by atoms with Crippen molar-refractivity contribution in [3.63, 3.8) is 0 Å². The van der Waals surface area contributed by atoms with E-state index in [0.717, 1.165) is 5.56 Å². The normalized spacial score (nSPS) is 13.4. The Morgan fingerprint density at radius 1 is 1.08 bits per heavy atom. The summed E-state index contributed by atoms with van der Waals surface area (Å²) in [6.45, 7) is 7.03. The Morgan fingerprint density at radius 3 is 2.37 bits per heavy atom. The lowest BCUT2D eigenvalue weighted by Crippen LogP contribution is -2.46. The quantitative estimate of drug-likeness (QED) is 0.365. The van der Waals surface area contributed by atoms with Crippen molar-refractivity contribution in [1.82, 2.24) is 14.5 Å². The number of ether oxygens (including phenoxy) is 2. The van der Waals surface area contributed by atoms with E-state index in [4.69, 9.17) is 20.2 Å². The van der Waals surface area contributed by atoms with Crippen LogP contribution in [0.4, 0.5) is 8.78 Å². The number of aromatic nitrogens is 2. The molecule has 1 amide bonds. The summed E-state index contributed by atoms with van der Waals surface area (Å²) >= 11 is 0. The Bertz CT molecular complexity index is 1210. The van der Waals surface area contributed by atoms with E-state index in [1.54, 1.807) is 30.2 Å². The highest BCUT2D eigenvalue weighted by Gasteiger charge is 2.38. The van der Waals surface area contributed by atoms with Gasteiger partial charge < -0.3 is 24.7 Å². The lowest BCUT2D eigenvalue weighted by molar-refractivity contribution is -0.140. The number of carbonyl (C=O) groups is 1. The molecule has 0 unspecified atom stereocenters. The number of imidazole rings is 1. The minimum atomic E-state index is -0.490. The maximum atomic E-state index is 14.1. The van der Waals surface area contributed by atoms with Gasteiger partial charge in [0.05, 0.1) is 18.3 Å². The monoisotopic (exact) mass is 528 g/mol. The van der Waals surface area contributed by atoms with Gasteiger partial charge in [-0.05, 0) is 41.7 Å². The molecule has 0 aliphatic carbocycles. The highest BCUT2D eigenvalue weighted by atomic mass is 19.1. The fraction of sp³-hybridized carbons (Fsp3) is 0.448. The summed E-state index contributed by atoms with van der Waals surface area (Å²) in [5.74, 6) is -0.318. The molecule has 0 bridgehead atoms. The fourth-order valence-electron chi connectivity index (χ4n) is 4.59. The molecule has 3 aromatic rings. The van der Waals surface area contributed by atoms with Crippen LogP contribution in [0.2, 0.25) is 0 Å². The average molecular weight is 529 g/mol. The second-order valence-corrected chi connectivity index (χ2v) is 10.5. The Labute approximate surface area is 223 Å². The van der Waals surface area contributed by atoms with E-state index in [-0.39, 0.29) is 30.2 Å². The van der Waals surface area contributed by atoms with Crippen LogP contribution in [0.5, 0.6) is 0 Å². The minimum absolute atomic E-state index is 0.104. The number of benzene rings is 2. The summed E-state index contributed by atoms with van der Waals surface area (Å²) in [6.07, 6.45) is 2.33. The maximum absolute atomic E-state index is 14.1. The number of nitrogens with zero attached hydrogens (tertiary/aromatic N) is 3. The van der Waals surface area contributed by atoms with Gasteiger partial charge in [0.25, 0.3) is 0 Å². The first-order chi connectivity index (χ1) is 18.0. The highest BCUT2D eigenvalue weighted by Crippen LogP contribution is 2.39. The van der Waals surface area contributed by atoms with Crippen LogP contribution >= 0.6 is 0 Å². The molecule has 0 fully saturated rings. The molecule has 3 rings (SSSR count). The van der Waals surface area contributed by atoms with E-state index in [1.807, 2.05) is 37.6 Å². The molecule has 7 nitrogen and oxygen atoms in total. The van der Waals surface area contributed by atoms with Crippen LogP contribution in [0.15, 0.2) is 54.7 Å². The Kier molecular flexibility index (Phi) is 10.1. The number of nitrogens with two attached hydrogens (primary N) is 1. The highest BCUT2D eigenvalue weighted by molar-refractivity contribution is 5.78. The summed E-state index contributed by atoms with van der Waals surface area (Å²) in [5, 5.41) is 0. The second-order valence-electron chi connectivity index (χ2n) is 10.5. The Balaban J connectivity index is 2.15. The zero-order chi connectivity index (χ0) is 27.9. The van der Waals surface area contributed by atoms with E-state index in [9.17, 15) is 13.6 Å². The molecular weight excluding hydrogens is 490 g/mol. The molecular formula is C29H38F2N4O3. The predicted octanol–water partition coefficient (Wildman–Crippen LogP) is 4.80. The van der Waals surface area contributed by atoms with Crippen LogP contribution in [-0.2, 0) is 20.8 Å². The van der Waals surface area contributed by atoms with Crippen molar-refractivity contribution in [3.05, 3.63) is 77.8 Å². The van der Waals surface area contributed by atoms with E-state index in [0.29, 0.717) is 43.2 Å². The van der Waals surface area contributed by atoms with Gasteiger partial charge in [-0.2, -0.15) is 0 Å². The van der Waals surface area contributed by atoms with Gasteiger partial charge >= 0.3 is 0 Å². The van der Waals surface area contributed by atoms with Gasteiger partial charge in [-0.3, -0.25) is 4.79 Å². The van der Waals surface area contributed by atoms with Gasteiger partial charge in [0.1, 0.15) is 24.1 Å². The molecule has 1 heterocycles. The van der Waals surface area contributed by atoms with E-state index >= 15 is 0 Å². The molecule has 0 aliphatic heterocycles. The smallest absolute Gasteiger partial charge is 0.249 e. The predicted molar refractivity (Wildman–Crippen MR) is 143 cm³/mol. The van der Waals surface area contributed by atoms with Crippen LogP contribution in [0, 0.1) is 17.0 Å². The van der Waals surface area contributed by atoms with Crippen LogP contribution in [-0.4, -0.2) is 60.4 Å². The summed E-state index contributed by atoms with van der Waals surface area (Å²) in [6, 6.07) is 11.8. The third kappa shape index (κ3) is 7.69. The first-order valence-corrected chi connectivity index (χ1v) is 12.6. The standard InChI is InChI=1S/C29H38F2N4O3/c1-29(2,3)27(35(26(36)19-38-5)13-12-24(32)18-37-4)28-33-25(21-9-7-11-23(31)15-21)17-34(28)16-20-8-6-10-22(30)14-20/h6-11,14-15,17,24,27H,12-13,16,18-19,32H2,1-5H3/t24-,27-/m0/s1. The number of carbonyl (C=O) groups excluding carboxylic acids is 1. The zero-order valence-corrected chi connectivity index (χ0v) is 22.8. The molecule has 0 saturated heterocycles. The molecule has 1 aromatic heterocycles. The van der Waals surface area contributed by atoms with Crippen LogP contribution in [0.3, 0.4) is 0 Å². The van der Waals surface area contributed by atoms with Gasteiger partial charge in [0.15, 0.2) is 0 Å². The number of hydrogen-bond acceptors (Lipinski definition) is 5. The molecule has 2 aromatic carbocycles. The van der Waals surface area contributed by atoms with Crippen LogP contribution < -0.4 is 5.73 Å². The molecule has 0 spiro atoms. The van der Waals surface area contributed by atoms with Crippen molar-refractivity contribution < 1.29 is 23.0 Å². The number of methoxy groups -OCH3 is 2. The summed E-state index contributed by atoms with van der Waals surface area (Å²) in [4.78, 5) is 20.1. The third-order valence-corrected chi connectivity index (χ3v) is 6.26. The summed E-state index contributed by atoms with van der Waals surface area (Å²) < 4.78 is 40.4. The van der Waals surface area contributed by atoms with Gasteiger partial charge in [-0.25, -0.2) is 13.8 Å². The zero-order valence-electron chi connectivity index (χ0n) is 22.8. The average Bonchev–Trinajstić information content (AvgIpc) is 3.24. The lowest BCUT2D eigenvalue weighted by Gasteiger charge is -2.40. The van der Waals surface area contributed by atoms with Crippen LogP contribution in [0.1, 0.15) is 44.6 Å². The number of rotatable bonds is 12. The van der Waals surface area contributed by atoms with E-state index < -0.39 is 11.5 Å². The maximum Gasteiger partial charge on any atom is 0.249 e. The number of hydrogen-bond donors (Lipinski definition) is 1. The topological polar surface area (TPSA) is 82.6 Å². The van der Waals surface area contributed by atoms with Gasteiger partial charge in [0, 0.05) is 45.1 Å².